The molecule has 0 saturated heterocycles. The fourth-order valence-electron chi connectivity index (χ4n) is 3.40. The van der Waals surface area contributed by atoms with E-state index >= 15 is 0 Å². The second-order valence-electron chi connectivity index (χ2n) is 6.76. The van der Waals surface area contributed by atoms with Crippen LogP contribution in [0.3, 0.4) is 0 Å². The predicted octanol–water partition coefficient (Wildman–Crippen LogP) is 6.44. The first-order valence-corrected chi connectivity index (χ1v) is 12.7. The third-order valence-electron chi connectivity index (χ3n) is 4.78. The first kappa shape index (κ1) is 22.2. The maximum atomic E-state index is 12.2. The Balaban J connectivity index is 5.59. The van der Waals surface area contributed by atoms with Crippen molar-refractivity contribution in [2.45, 2.75) is 79.1 Å². The molecular formula is C18H38ClO2P. The van der Waals surface area contributed by atoms with Crippen molar-refractivity contribution in [3.63, 3.8) is 0 Å². The van der Waals surface area contributed by atoms with Gasteiger partial charge in [0.15, 0.2) is 0 Å². The summed E-state index contributed by atoms with van der Waals surface area (Å²) in [7, 11) is 0. The van der Waals surface area contributed by atoms with E-state index in [1.54, 1.807) is 0 Å². The van der Waals surface area contributed by atoms with Gasteiger partial charge in [0.05, 0.1) is 0 Å². The van der Waals surface area contributed by atoms with Gasteiger partial charge in [0.25, 0.3) is 0 Å². The molecule has 0 aromatic rings. The quantitative estimate of drug-likeness (QED) is 0.265. The summed E-state index contributed by atoms with van der Waals surface area (Å²) in [5.41, 5.74) is 0. The van der Waals surface area contributed by atoms with E-state index in [9.17, 15) is 4.79 Å². The van der Waals surface area contributed by atoms with Crippen LogP contribution in [-0.2, 0) is 9.32 Å². The average molecular weight is 353 g/mol. The summed E-state index contributed by atoms with van der Waals surface area (Å²) < 4.78 is 6.34. The summed E-state index contributed by atoms with van der Waals surface area (Å²) >= 11 is 5.80. The molecule has 0 saturated carbocycles. The zero-order valence-electron chi connectivity index (χ0n) is 15.3. The number of rotatable bonds is 14. The number of carbonyl (C=O) groups is 1. The molecule has 0 aliphatic carbocycles. The molecule has 0 rings (SSSR count). The zero-order chi connectivity index (χ0) is 16.9. The number of hydrogen-bond acceptors (Lipinski definition) is 2. The van der Waals surface area contributed by atoms with Gasteiger partial charge in [-0.25, -0.2) is 0 Å². The van der Waals surface area contributed by atoms with Crippen LogP contribution in [0.25, 0.3) is 0 Å². The Kier molecular flexibility index (Phi) is 11.8. The van der Waals surface area contributed by atoms with Crippen LogP contribution in [0.2, 0.25) is 0 Å². The number of carbonyl (C=O) groups excluding carboxylic acids is 1. The Morgan fingerprint density at radius 2 is 1.09 bits per heavy atom. The molecule has 2 nitrogen and oxygen atoms in total. The molecular weight excluding hydrogens is 315 g/mol. The Hall–Kier alpha value is 0.190. The first-order chi connectivity index (χ1) is 10.5. The van der Waals surface area contributed by atoms with Gasteiger partial charge in [-0.05, 0) is 0 Å². The fourth-order valence-corrected chi connectivity index (χ4v) is 10.3. The Morgan fingerprint density at radius 1 is 0.773 bits per heavy atom. The summed E-state index contributed by atoms with van der Waals surface area (Å²) in [6.07, 6.45) is 13.8. The van der Waals surface area contributed by atoms with Gasteiger partial charge in [-0.15, -0.1) is 0 Å². The Labute approximate surface area is 143 Å². The summed E-state index contributed by atoms with van der Waals surface area (Å²) in [6.45, 7) is 6.48. The standard InChI is InChI=1S/C18H38ClO2P/c1-5-9-13-22(14-10-6-2,15-11-7-3,16-12-8-4)21-18(20)17-19/h5-17H2,1-4H3. The molecule has 0 unspecified atom stereocenters. The molecule has 0 N–H and O–H groups in total. The van der Waals surface area contributed by atoms with E-state index in [0.29, 0.717) is 0 Å². The monoisotopic (exact) mass is 352 g/mol. The minimum atomic E-state index is -2.44. The molecule has 0 amide bonds. The van der Waals surface area contributed by atoms with Crippen LogP contribution in [0.15, 0.2) is 0 Å². The average Bonchev–Trinajstić information content (AvgIpc) is 2.55. The van der Waals surface area contributed by atoms with Crippen molar-refractivity contribution in [1.82, 2.24) is 0 Å². The van der Waals surface area contributed by atoms with Gasteiger partial charge in [-0.3, -0.25) is 0 Å². The van der Waals surface area contributed by atoms with Gasteiger partial charge < -0.3 is 0 Å². The molecule has 134 valence electrons. The molecule has 0 atom stereocenters. The van der Waals surface area contributed by atoms with Crippen LogP contribution in [0.4, 0.5) is 0 Å². The second kappa shape index (κ2) is 11.7. The fraction of sp³-hybridized carbons (Fsp3) is 0.944. The minimum absolute atomic E-state index is 0.00556. The van der Waals surface area contributed by atoms with E-state index in [4.69, 9.17) is 16.1 Å². The third-order valence-corrected chi connectivity index (χ3v) is 11.5. The molecule has 0 spiro atoms. The normalized spacial score (nSPS) is 13.6. The van der Waals surface area contributed by atoms with Crippen molar-refractivity contribution in [1.29, 1.82) is 0 Å². The van der Waals surface area contributed by atoms with E-state index in [2.05, 4.69) is 27.7 Å². The zero-order valence-corrected chi connectivity index (χ0v) is 17.0. The van der Waals surface area contributed by atoms with Crippen LogP contribution in [-0.4, -0.2) is 36.5 Å². The van der Waals surface area contributed by atoms with Crippen molar-refractivity contribution < 1.29 is 9.32 Å². The summed E-state index contributed by atoms with van der Waals surface area (Å²) in [5.74, 6) is -0.187. The molecule has 22 heavy (non-hydrogen) atoms. The molecule has 0 aromatic carbocycles. The Morgan fingerprint density at radius 3 is 1.32 bits per heavy atom. The van der Waals surface area contributed by atoms with Crippen molar-refractivity contribution in [2.24, 2.45) is 0 Å². The van der Waals surface area contributed by atoms with E-state index < -0.39 is 6.83 Å². The van der Waals surface area contributed by atoms with Crippen molar-refractivity contribution in [2.75, 3.05) is 30.5 Å². The van der Waals surface area contributed by atoms with E-state index in [1.165, 1.54) is 51.4 Å². The van der Waals surface area contributed by atoms with E-state index in [0.717, 1.165) is 24.6 Å². The van der Waals surface area contributed by atoms with Crippen LogP contribution in [0, 0.1) is 0 Å². The van der Waals surface area contributed by atoms with E-state index in [1.807, 2.05) is 0 Å². The molecule has 0 aromatic heterocycles. The number of unbranched alkanes of at least 4 members (excludes halogenated alkanes) is 4. The molecule has 0 heterocycles. The molecule has 0 radical (unpaired) electrons. The number of hydrogen-bond donors (Lipinski definition) is 0. The molecule has 4 heteroatoms. The van der Waals surface area contributed by atoms with Crippen LogP contribution in [0.1, 0.15) is 79.1 Å². The van der Waals surface area contributed by atoms with Crippen molar-refractivity contribution in [3.05, 3.63) is 0 Å². The third kappa shape index (κ3) is 7.18. The van der Waals surface area contributed by atoms with Gasteiger partial charge >= 0.3 is 143 Å². The SMILES string of the molecule is CCCCP(CCCC)(CCCC)(CCCC)OC(=O)CCl. The van der Waals surface area contributed by atoms with Crippen molar-refractivity contribution in [3.8, 4) is 0 Å². The molecule has 0 aliphatic heterocycles. The molecule has 0 aliphatic rings. The Bertz CT molecular complexity index is 264. The summed E-state index contributed by atoms with van der Waals surface area (Å²) in [5, 5.41) is 0. The van der Waals surface area contributed by atoms with Gasteiger partial charge in [-0.1, -0.05) is 0 Å². The van der Waals surface area contributed by atoms with Crippen molar-refractivity contribution >= 4 is 24.4 Å². The molecule has 0 bridgehead atoms. The van der Waals surface area contributed by atoms with Gasteiger partial charge in [0.1, 0.15) is 0 Å². The van der Waals surface area contributed by atoms with Gasteiger partial charge in [-0.2, -0.15) is 0 Å². The van der Waals surface area contributed by atoms with Crippen LogP contribution in [0.5, 0.6) is 0 Å². The first-order valence-electron chi connectivity index (χ1n) is 9.30. The van der Waals surface area contributed by atoms with Gasteiger partial charge in [0.2, 0.25) is 0 Å². The maximum absolute atomic E-state index is 12.2. The topological polar surface area (TPSA) is 26.3 Å². The summed E-state index contributed by atoms with van der Waals surface area (Å²) in [6, 6.07) is 0. The van der Waals surface area contributed by atoms with Gasteiger partial charge in [0, 0.05) is 0 Å². The van der Waals surface area contributed by atoms with Crippen LogP contribution < -0.4 is 0 Å². The predicted molar refractivity (Wildman–Crippen MR) is 103 cm³/mol. The number of halogens is 1. The summed E-state index contributed by atoms with van der Waals surface area (Å²) in [4.78, 5) is 12.2. The number of alkyl halides is 1. The van der Waals surface area contributed by atoms with E-state index in [-0.39, 0.29) is 11.8 Å². The second-order valence-corrected chi connectivity index (χ2v) is 12.7. The van der Waals surface area contributed by atoms with Crippen LogP contribution >= 0.6 is 18.4 Å². The molecule has 0 fully saturated rings.